The molecule has 4 nitrogen and oxygen atoms in total. The molecule has 4 heteroatoms. The predicted molar refractivity (Wildman–Crippen MR) is 71.6 cm³/mol. The zero-order valence-electron chi connectivity index (χ0n) is 12.0. The number of aldehydes is 1. The number of hydrogen-bond donors (Lipinski definition) is 1. The summed E-state index contributed by atoms with van der Waals surface area (Å²) in [4.78, 5) is 33.7. The number of carboxylic acid groups (broad SMARTS) is 1. The van der Waals surface area contributed by atoms with E-state index in [1.165, 1.54) is 0 Å². The van der Waals surface area contributed by atoms with Gasteiger partial charge in [-0.15, -0.1) is 0 Å². The monoisotopic (exact) mass is 268 g/mol. The maximum Gasteiger partial charge on any atom is 0.306 e. The third-order valence-corrected chi connectivity index (χ3v) is 4.69. The van der Waals surface area contributed by atoms with Gasteiger partial charge in [0.2, 0.25) is 0 Å². The van der Waals surface area contributed by atoms with Gasteiger partial charge in [-0.05, 0) is 37.5 Å². The molecular weight excluding hydrogens is 244 g/mol. The van der Waals surface area contributed by atoms with Crippen molar-refractivity contribution in [1.82, 2.24) is 0 Å². The van der Waals surface area contributed by atoms with Gasteiger partial charge >= 0.3 is 5.97 Å². The zero-order chi connectivity index (χ0) is 14.6. The van der Waals surface area contributed by atoms with E-state index in [-0.39, 0.29) is 23.5 Å². The summed E-state index contributed by atoms with van der Waals surface area (Å²) in [5.41, 5.74) is 0. The lowest BCUT2D eigenvalue weighted by Crippen LogP contribution is -2.39. The molecule has 0 aliphatic heterocycles. The van der Waals surface area contributed by atoms with Crippen molar-refractivity contribution in [3.8, 4) is 0 Å². The van der Waals surface area contributed by atoms with Gasteiger partial charge in [-0.2, -0.15) is 0 Å². The lowest BCUT2D eigenvalue weighted by atomic mass is 9.63. The summed E-state index contributed by atoms with van der Waals surface area (Å²) in [6.07, 6.45) is 3.82. The molecule has 1 aliphatic carbocycles. The topological polar surface area (TPSA) is 71.4 Å². The van der Waals surface area contributed by atoms with Crippen LogP contribution in [0.3, 0.4) is 0 Å². The van der Waals surface area contributed by atoms with Gasteiger partial charge in [-0.3, -0.25) is 4.79 Å². The van der Waals surface area contributed by atoms with Crippen LogP contribution in [0.2, 0.25) is 0 Å². The molecular formula is C15H24O4. The van der Waals surface area contributed by atoms with E-state index in [0.29, 0.717) is 18.8 Å². The molecule has 5 unspecified atom stereocenters. The Labute approximate surface area is 114 Å². The van der Waals surface area contributed by atoms with Crippen LogP contribution in [0.4, 0.5) is 0 Å². The molecule has 1 N–H and O–H groups in total. The highest BCUT2D eigenvalue weighted by Crippen LogP contribution is 2.43. The standard InChI is InChI=1S/C15H24O4/c1-9-4-6-13(11(3)15(18)19)14(8-16)12(9)7-5-10(2)17/h8-9,11-14H,4-7H2,1-3H3,(H,18,19). The van der Waals surface area contributed by atoms with Crippen molar-refractivity contribution in [3.63, 3.8) is 0 Å². The fourth-order valence-electron chi connectivity index (χ4n) is 3.37. The van der Waals surface area contributed by atoms with Crippen LogP contribution >= 0.6 is 0 Å². The zero-order valence-corrected chi connectivity index (χ0v) is 12.0. The van der Waals surface area contributed by atoms with Crippen LogP contribution in [0.15, 0.2) is 0 Å². The molecule has 1 rings (SSSR count). The highest BCUT2D eigenvalue weighted by Gasteiger charge is 2.41. The number of hydrogen-bond acceptors (Lipinski definition) is 3. The van der Waals surface area contributed by atoms with E-state index in [9.17, 15) is 14.4 Å². The molecule has 1 saturated carbocycles. The highest BCUT2D eigenvalue weighted by atomic mass is 16.4. The largest absolute Gasteiger partial charge is 0.481 e. The van der Waals surface area contributed by atoms with Gasteiger partial charge in [0.15, 0.2) is 0 Å². The number of aliphatic carboxylic acids is 1. The first-order valence-corrected chi connectivity index (χ1v) is 7.06. The lowest BCUT2D eigenvalue weighted by Gasteiger charge is -2.41. The highest BCUT2D eigenvalue weighted by molar-refractivity contribution is 5.75. The minimum atomic E-state index is -0.836. The summed E-state index contributed by atoms with van der Waals surface area (Å²) < 4.78 is 0. The van der Waals surface area contributed by atoms with Crippen LogP contribution in [0.25, 0.3) is 0 Å². The minimum Gasteiger partial charge on any atom is -0.481 e. The van der Waals surface area contributed by atoms with E-state index in [2.05, 4.69) is 6.92 Å². The Morgan fingerprint density at radius 3 is 2.47 bits per heavy atom. The summed E-state index contributed by atoms with van der Waals surface area (Å²) in [7, 11) is 0. The number of carbonyl (C=O) groups is 3. The number of rotatable bonds is 6. The summed E-state index contributed by atoms with van der Waals surface area (Å²) in [6.45, 7) is 5.34. The molecule has 19 heavy (non-hydrogen) atoms. The molecule has 0 aromatic carbocycles. The van der Waals surface area contributed by atoms with Crippen molar-refractivity contribution in [1.29, 1.82) is 0 Å². The number of carboxylic acids is 1. The average molecular weight is 268 g/mol. The molecule has 1 aliphatic rings. The van der Waals surface area contributed by atoms with Gasteiger partial charge in [-0.1, -0.05) is 20.3 Å². The van der Waals surface area contributed by atoms with Crippen LogP contribution in [0, 0.1) is 29.6 Å². The molecule has 108 valence electrons. The fourth-order valence-corrected chi connectivity index (χ4v) is 3.37. The van der Waals surface area contributed by atoms with Gasteiger partial charge in [0.1, 0.15) is 12.1 Å². The molecule has 0 aromatic heterocycles. The van der Waals surface area contributed by atoms with E-state index in [0.717, 1.165) is 19.1 Å². The Balaban J connectivity index is 2.84. The van der Waals surface area contributed by atoms with Crippen LogP contribution in [0.1, 0.15) is 46.5 Å². The van der Waals surface area contributed by atoms with Crippen LogP contribution in [0.5, 0.6) is 0 Å². The van der Waals surface area contributed by atoms with E-state index in [4.69, 9.17) is 5.11 Å². The second-order valence-corrected chi connectivity index (χ2v) is 5.96. The molecule has 0 saturated heterocycles. The lowest BCUT2D eigenvalue weighted by molar-refractivity contribution is -0.145. The van der Waals surface area contributed by atoms with Gasteiger partial charge in [0, 0.05) is 12.3 Å². The summed E-state index contributed by atoms with van der Waals surface area (Å²) >= 11 is 0. The summed E-state index contributed by atoms with van der Waals surface area (Å²) in [5, 5.41) is 9.15. The normalized spacial score (nSPS) is 32.6. The molecule has 1 fully saturated rings. The predicted octanol–water partition coefficient (Wildman–Crippen LogP) is 2.55. The van der Waals surface area contributed by atoms with Crippen LogP contribution < -0.4 is 0 Å². The van der Waals surface area contributed by atoms with Gasteiger partial charge in [0.05, 0.1) is 5.92 Å². The molecule has 0 bridgehead atoms. The van der Waals surface area contributed by atoms with Crippen molar-refractivity contribution >= 4 is 18.0 Å². The molecule has 0 amide bonds. The minimum absolute atomic E-state index is 0.0943. The first-order chi connectivity index (χ1) is 8.88. The average Bonchev–Trinajstić information content (AvgIpc) is 2.35. The molecule has 0 aromatic rings. The SMILES string of the molecule is CC(=O)CCC1C(C)CCC(C(C)C(=O)O)C1C=O. The smallest absolute Gasteiger partial charge is 0.306 e. The van der Waals surface area contributed by atoms with Crippen molar-refractivity contribution in [3.05, 3.63) is 0 Å². The molecule has 0 radical (unpaired) electrons. The fraction of sp³-hybridized carbons (Fsp3) is 0.800. The Bertz CT molecular complexity index is 350. The van der Waals surface area contributed by atoms with E-state index >= 15 is 0 Å². The van der Waals surface area contributed by atoms with E-state index in [1.54, 1.807) is 13.8 Å². The van der Waals surface area contributed by atoms with Crippen molar-refractivity contribution in [2.75, 3.05) is 0 Å². The van der Waals surface area contributed by atoms with Gasteiger partial charge < -0.3 is 14.7 Å². The second kappa shape index (κ2) is 6.83. The van der Waals surface area contributed by atoms with E-state index < -0.39 is 11.9 Å². The van der Waals surface area contributed by atoms with Gasteiger partial charge in [-0.25, -0.2) is 0 Å². The third-order valence-electron chi connectivity index (χ3n) is 4.69. The van der Waals surface area contributed by atoms with Crippen molar-refractivity contribution < 1.29 is 19.5 Å². The van der Waals surface area contributed by atoms with Crippen molar-refractivity contribution in [2.24, 2.45) is 29.6 Å². The summed E-state index contributed by atoms with van der Waals surface area (Å²) in [5.74, 6) is -1.00. The van der Waals surface area contributed by atoms with Crippen LogP contribution in [-0.4, -0.2) is 23.1 Å². The molecule has 0 spiro atoms. The number of ketones is 1. The number of carbonyl (C=O) groups excluding carboxylic acids is 2. The van der Waals surface area contributed by atoms with Gasteiger partial charge in [0.25, 0.3) is 0 Å². The maximum atomic E-state index is 11.4. The van der Waals surface area contributed by atoms with Crippen LogP contribution in [-0.2, 0) is 14.4 Å². The maximum absolute atomic E-state index is 11.4. The molecule has 0 heterocycles. The molecule has 5 atom stereocenters. The van der Waals surface area contributed by atoms with Crippen molar-refractivity contribution in [2.45, 2.75) is 46.5 Å². The first kappa shape index (κ1) is 15.9. The Hall–Kier alpha value is -1.19. The Kier molecular flexibility index (Phi) is 5.70. The third kappa shape index (κ3) is 3.88. The Morgan fingerprint density at radius 1 is 1.37 bits per heavy atom. The van der Waals surface area contributed by atoms with E-state index in [1.807, 2.05) is 0 Å². The quantitative estimate of drug-likeness (QED) is 0.751. The number of Topliss-reactive ketones (excluding diaryl/α,β-unsaturated/α-hetero) is 1. The summed E-state index contributed by atoms with van der Waals surface area (Å²) in [6, 6.07) is 0. The second-order valence-electron chi connectivity index (χ2n) is 5.96. The Morgan fingerprint density at radius 2 is 2.00 bits per heavy atom. The first-order valence-electron chi connectivity index (χ1n) is 7.06.